The maximum absolute atomic E-state index is 11.9. The first-order valence-corrected chi connectivity index (χ1v) is 8.03. The van der Waals surface area contributed by atoms with Gasteiger partial charge in [-0.05, 0) is 24.9 Å². The summed E-state index contributed by atoms with van der Waals surface area (Å²) in [5.41, 5.74) is 1.33. The Labute approximate surface area is 157 Å². The van der Waals surface area contributed by atoms with Gasteiger partial charge < -0.3 is 15.4 Å². The number of likely N-dealkylation sites (tertiary alicyclic amines) is 1. The highest BCUT2D eigenvalue weighted by Gasteiger charge is 2.21. The Balaban J connectivity index is 0.00000264. The summed E-state index contributed by atoms with van der Waals surface area (Å²) in [5.74, 6) is 0.0719. The van der Waals surface area contributed by atoms with E-state index in [1.54, 1.807) is 7.11 Å². The first-order valence-electron chi connectivity index (χ1n) is 8.03. The van der Waals surface area contributed by atoms with E-state index in [1.165, 1.54) is 5.56 Å². The molecule has 1 saturated heterocycles. The molecule has 2 rings (SSSR count). The molecule has 0 radical (unpaired) electrons. The Morgan fingerprint density at radius 1 is 1.29 bits per heavy atom. The van der Waals surface area contributed by atoms with Crippen LogP contribution < -0.4 is 10.6 Å². The highest BCUT2D eigenvalue weighted by molar-refractivity contribution is 5.85. The normalized spacial score (nSPS) is 17.5. The van der Waals surface area contributed by atoms with Gasteiger partial charge in [-0.15, -0.1) is 24.8 Å². The average molecular weight is 378 g/mol. The van der Waals surface area contributed by atoms with Crippen molar-refractivity contribution in [2.24, 2.45) is 0 Å². The molecule has 0 bridgehead atoms. The minimum Gasteiger partial charge on any atom is -0.383 e. The van der Waals surface area contributed by atoms with Crippen molar-refractivity contribution in [1.82, 2.24) is 15.5 Å². The lowest BCUT2D eigenvalue weighted by Gasteiger charge is -2.33. The van der Waals surface area contributed by atoms with Crippen LogP contribution >= 0.6 is 24.8 Å². The van der Waals surface area contributed by atoms with Crippen LogP contribution in [0, 0.1) is 0 Å². The van der Waals surface area contributed by atoms with Gasteiger partial charge in [0.25, 0.3) is 0 Å². The van der Waals surface area contributed by atoms with Crippen LogP contribution in [0.25, 0.3) is 0 Å². The molecule has 1 aliphatic heterocycles. The minimum absolute atomic E-state index is 0. The number of amides is 1. The van der Waals surface area contributed by atoms with Gasteiger partial charge in [-0.25, -0.2) is 0 Å². The number of carbonyl (C=O) groups is 1. The molecule has 1 aliphatic rings. The molecule has 1 fully saturated rings. The first-order chi connectivity index (χ1) is 10.8. The SMILES string of the molecule is COCCNCC(=O)NC1CCCN(Cc2ccccc2)C1.Cl.Cl. The largest absolute Gasteiger partial charge is 0.383 e. The number of nitrogens with zero attached hydrogens (tertiary/aromatic N) is 1. The van der Waals surface area contributed by atoms with Gasteiger partial charge in [-0.2, -0.15) is 0 Å². The Bertz CT molecular complexity index is 449. The van der Waals surface area contributed by atoms with Gasteiger partial charge in [0, 0.05) is 32.8 Å². The molecule has 1 heterocycles. The van der Waals surface area contributed by atoms with Crippen LogP contribution in [-0.2, 0) is 16.1 Å². The third kappa shape index (κ3) is 8.85. The lowest BCUT2D eigenvalue weighted by atomic mass is 10.0. The first kappa shape index (κ1) is 23.1. The molecule has 7 heteroatoms. The number of carbonyl (C=O) groups excluding carboxylic acids is 1. The van der Waals surface area contributed by atoms with Crippen molar-refractivity contribution in [3.63, 3.8) is 0 Å². The van der Waals surface area contributed by atoms with Crippen molar-refractivity contribution >= 4 is 30.7 Å². The lowest BCUT2D eigenvalue weighted by molar-refractivity contribution is -0.121. The number of rotatable bonds is 8. The van der Waals surface area contributed by atoms with Gasteiger partial charge in [-0.1, -0.05) is 30.3 Å². The number of methoxy groups -OCH3 is 1. The summed E-state index contributed by atoms with van der Waals surface area (Å²) in [4.78, 5) is 14.3. The van der Waals surface area contributed by atoms with E-state index in [-0.39, 0.29) is 36.8 Å². The quantitative estimate of drug-likeness (QED) is 0.678. The molecule has 1 aromatic rings. The van der Waals surface area contributed by atoms with E-state index < -0.39 is 0 Å². The smallest absolute Gasteiger partial charge is 0.234 e. The summed E-state index contributed by atoms with van der Waals surface area (Å²) in [6.45, 7) is 4.68. The van der Waals surface area contributed by atoms with E-state index in [1.807, 2.05) is 6.07 Å². The zero-order valence-corrected chi connectivity index (χ0v) is 15.8. The number of hydrogen-bond acceptors (Lipinski definition) is 4. The van der Waals surface area contributed by atoms with Crippen LogP contribution in [0.2, 0.25) is 0 Å². The fourth-order valence-electron chi connectivity index (χ4n) is 2.81. The predicted molar refractivity (Wildman–Crippen MR) is 102 cm³/mol. The second kappa shape index (κ2) is 13.4. The highest BCUT2D eigenvalue weighted by Crippen LogP contribution is 2.13. The van der Waals surface area contributed by atoms with Crippen molar-refractivity contribution in [2.75, 3.05) is 39.9 Å². The van der Waals surface area contributed by atoms with Gasteiger partial charge in [-0.3, -0.25) is 9.69 Å². The fourth-order valence-corrected chi connectivity index (χ4v) is 2.81. The van der Waals surface area contributed by atoms with E-state index in [9.17, 15) is 4.79 Å². The third-order valence-corrected chi connectivity index (χ3v) is 3.89. The second-order valence-corrected chi connectivity index (χ2v) is 5.80. The summed E-state index contributed by atoms with van der Waals surface area (Å²) in [5, 5.41) is 6.20. The van der Waals surface area contributed by atoms with Gasteiger partial charge in [0.05, 0.1) is 13.2 Å². The van der Waals surface area contributed by atoms with Gasteiger partial charge in [0.1, 0.15) is 0 Å². The summed E-state index contributed by atoms with van der Waals surface area (Å²) >= 11 is 0. The zero-order chi connectivity index (χ0) is 15.6. The molecule has 0 spiro atoms. The Morgan fingerprint density at radius 2 is 2.04 bits per heavy atom. The molecule has 138 valence electrons. The number of nitrogens with one attached hydrogen (secondary N) is 2. The van der Waals surface area contributed by atoms with Gasteiger partial charge >= 0.3 is 0 Å². The maximum Gasteiger partial charge on any atom is 0.234 e. The minimum atomic E-state index is 0. The van der Waals surface area contributed by atoms with Crippen molar-refractivity contribution in [1.29, 1.82) is 0 Å². The zero-order valence-electron chi connectivity index (χ0n) is 14.2. The van der Waals surface area contributed by atoms with Crippen molar-refractivity contribution in [2.45, 2.75) is 25.4 Å². The number of piperidine rings is 1. The highest BCUT2D eigenvalue weighted by atomic mass is 35.5. The van der Waals surface area contributed by atoms with E-state index in [2.05, 4.69) is 39.8 Å². The van der Waals surface area contributed by atoms with E-state index in [0.29, 0.717) is 19.7 Å². The van der Waals surface area contributed by atoms with Crippen LogP contribution in [0.4, 0.5) is 0 Å². The second-order valence-electron chi connectivity index (χ2n) is 5.80. The molecule has 0 saturated carbocycles. The summed E-state index contributed by atoms with van der Waals surface area (Å²) in [6.07, 6.45) is 2.20. The maximum atomic E-state index is 11.9. The Morgan fingerprint density at radius 3 is 2.75 bits per heavy atom. The average Bonchev–Trinajstić information content (AvgIpc) is 2.53. The van der Waals surface area contributed by atoms with Crippen molar-refractivity contribution < 1.29 is 9.53 Å². The molecular formula is C17H29Cl2N3O2. The van der Waals surface area contributed by atoms with E-state index in [4.69, 9.17) is 4.74 Å². The monoisotopic (exact) mass is 377 g/mol. The molecule has 0 aliphatic carbocycles. The summed E-state index contributed by atoms with van der Waals surface area (Å²) < 4.78 is 4.94. The van der Waals surface area contributed by atoms with E-state index in [0.717, 1.165) is 32.5 Å². The number of ether oxygens (including phenoxy) is 1. The van der Waals surface area contributed by atoms with Crippen LogP contribution in [0.1, 0.15) is 18.4 Å². The lowest BCUT2D eigenvalue weighted by Crippen LogP contribution is -2.49. The van der Waals surface area contributed by atoms with Crippen LogP contribution in [0.15, 0.2) is 30.3 Å². The Hall–Kier alpha value is -0.850. The fraction of sp³-hybridized carbons (Fsp3) is 0.588. The molecule has 1 atom stereocenters. The number of hydrogen-bond donors (Lipinski definition) is 2. The van der Waals surface area contributed by atoms with Crippen LogP contribution in [0.5, 0.6) is 0 Å². The summed E-state index contributed by atoms with van der Waals surface area (Å²) in [6, 6.07) is 10.8. The number of benzene rings is 1. The van der Waals surface area contributed by atoms with Crippen LogP contribution in [0.3, 0.4) is 0 Å². The van der Waals surface area contributed by atoms with Gasteiger partial charge in [0.2, 0.25) is 5.91 Å². The molecule has 1 aromatic carbocycles. The molecule has 1 amide bonds. The van der Waals surface area contributed by atoms with Crippen molar-refractivity contribution in [3.05, 3.63) is 35.9 Å². The Kier molecular flexibility index (Phi) is 13.0. The molecule has 2 N–H and O–H groups in total. The standard InChI is InChI=1S/C17H27N3O2.2ClH/c1-22-11-9-18-12-17(21)19-16-8-5-10-20(14-16)13-15-6-3-2-4-7-15;;/h2-4,6-7,16,18H,5,8-14H2,1H3,(H,19,21);2*1H. The molecule has 0 aromatic heterocycles. The van der Waals surface area contributed by atoms with Gasteiger partial charge in [0.15, 0.2) is 0 Å². The molecule has 1 unspecified atom stereocenters. The third-order valence-electron chi connectivity index (χ3n) is 3.89. The topological polar surface area (TPSA) is 53.6 Å². The molecular weight excluding hydrogens is 349 g/mol. The predicted octanol–water partition coefficient (Wildman–Crippen LogP) is 1.85. The van der Waals surface area contributed by atoms with Crippen LogP contribution in [-0.4, -0.2) is 56.7 Å². The summed E-state index contributed by atoms with van der Waals surface area (Å²) in [7, 11) is 1.66. The molecule has 5 nitrogen and oxygen atoms in total. The van der Waals surface area contributed by atoms with E-state index >= 15 is 0 Å². The van der Waals surface area contributed by atoms with Crippen molar-refractivity contribution in [3.8, 4) is 0 Å². The molecule has 24 heavy (non-hydrogen) atoms. The number of halogens is 2.